The van der Waals surface area contributed by atoms with Crippen LogP contribution in [0.15, 0.2) is 71.5 Å². The number of hydrogen-bond acceptors (Lipinski definition) is 2. The van der Waals surface area contributed by atoms with Crippen LogP contribution in [-0.2, 0) is 0 Å². The Morgan fingerprint density at radius 2 is 1.62 bits per heavy atom. The van der Waals surface area contributed by atoms with E-state index in [9.17, 15) is 0 Å². The fourth-order valence-corrected chi connectivity index (χ4v) is 14.2. The van der Waals surface area contributed by atoms with Crippen LogP contribution in [0.4, 0.5) is 0 Å². The molecule has 3 nitrogen and oxygen atoms in total. The molecule has 4 heteroatoms. The van der Waals surface area contributed by atoms with Crippen molar-refractivity contribution in [2.24, 2.45) is 47.3 Å². The van der Waals surface area contributed by atoms with Crippen molar-refractivity contribution in [3.05, 3.63) is 71.5 Å². The number of nitrogens with two attached hydrogens (primary N) is 1. The molecule has 0 aromatic carbocycles. The molecule has 2 aliphatic heterocycles. The highest BCUT2D eigenvalue weighted by Gasteiger charge is 2.49. The van der Waals surface area contributed by atoms with Crippen LogP contribution in [-0.4, -0.2) is 27.3 Å². The summed E-state index contributed by atoms with van der Waals surface area (Å²) in [6.07, 6.45) is 44.5. The number of rotatable bonds is 4. The van der Waals surface area contributed by atoms with E-state index in [1.165, 1.54) is 83.5 Å². The third-order valence-electron chi connectivity index (χ3n) is 13.3. The summed E-state index contributed by atoms with van der Waals surface area (Å²) in [6, 6.07) is 0. The molecule has 0 aromatic rings. The van der Waals surface area contributed by atoms with Crippen molar-refractivity contribution in [1.82, 2.24) is 10.6 Å². The maximum absolute atomic E-state index is 4.31. The van der Waals surface area contributed by atoms with Gasteiger partial charge < -0.3 is 5.32 Å². The van der Waals surface area contributed by atoms with Gasteiger partial charge in [-0.05, 0) is 112 Å². The van der Waals surface area contributed by atoms with Crippen molar-refractivity contribution < 1.29 is 5.32 Å². The van der Waals surface area contributed by atoms with Gasteiger partial charge in [0.05, 0.1) is 6.17 Å². The van der Waals surface area contributed by atoms with E-state index in [1.807, 2.05) is 5.20 Å². The van der Waals surface area contributed by atoms with Crippen LogP contribution >= 0.6 is 0 Å². The third-order valence-corrected chi connectivity index (χ3v) is 16.3. The predicted octanol–water partition coefficient (Wildman–Crippen LogP) is 6.93. The topological polar surface area (TPSA) is 40.7 Å². The second-order valence-electron chi connectivity index (χ2n) is 15.3. The quantitative estimate of drug-likeness (QED) is 0.249. The molecule has 12 atom stereocenters. The first kappa shape index (κ1) is 28.0. The molecule has 0 amide bonds. The van der Waals surface area contributed by atoms with Crippen LogP contribution in [0.25, 0.3) is 0 Å². The van der Waals surface area contributed by atoms with Crippen LogP contribution in [0.1, 0.15) is 83.5 Å². The fraction of sp³-hybridized carbons (Fsp3) is 0.684. The van der Waals surface area contributed by atoms with Gasteiger partial charge in [0.1, 0.15) is 6.17 Å². The van der Waals surface area contributed by atoms with E-state index in [1.54, 1.807) is 5.57 Å². The van der Waals surface area contributed by atoms with E-state index in [4.69, 9.17) is 0 Å². The van der Waals surface area contributed by atoms with Gasteiger partial charge in [0, 0.05) is 11.5 Å². The Kier molecular flexibility index (Phi) is 8.11. The minimum Gasteiger partial charge on any atom is -0.312 e. The smallest absolute Gasteiger partial charge is 0.168 e. The van der Waals surface area contributed by atoms with Gasteiger partial charge in [0.2, 0.25) is 0 Å². The summed E-state index contributed by atoms with van der Waals surface area (Å²) in [5, 5.41) is 13.1. The molecule has 4 N–H and O–H groups in total. The van der Waals surface area contributed by atoms with E-state index in [0.717, 1.165) is 47.0 Å². The molecular formula is C38H55N3Si. The van der Waals surface area contributed by atoms with Crippen molar-refractivity contribution in [1.29, 1.82) is 0 Å². The van der Waals surface area contributed by atoms with Gasteiger partial charge in [0.15, 0.2) is 6.17 Å². The SMILES string of the molecule is C[Si-]1C2=CC(C3NC(C4CC=CCC4)NC(C4CCC(C5C=CCCC5)C5CCCCC45)[NH2+]3)=CCC2C2C=CC=CC21. The van der Waals surface area contributed by atoms with Crippen LogP contribution in [0.2, 0.25) is 12.1 Å². The summed E-state index contributed by atoms with van der Waals surface area (Å²) < 4.78 is 0. The number of nitrogens with one attached hydrogen (secondary N) is 2. The van der Waals surface area contributed by atoms with E-state index in [2.05, 4.69) is 83.3 Å². The lowest BCUT2D eigenvalue weighted by Crippen LogP contribution is -3.06. The first-order valence-electron chi connectivity index (χ1n) is 18.0. The largest absolute Gasteiger partial charge is 0.312 e. The summed E-state index contributed by atoms with van der Waals surface area (Å²) in [5.41, 5.74) is 2.39. The molecule has 2 heterocycles. The Balaban J connectivity index is 1.06. The molecule has 0 radical (unpaired) electrons. The standard InChI is InChI=1S/C38H54N3Si/c1-42-34-19-11-10-18-31(34)32-21-20-27(24-35(32)42)37-39-36(26-14-6-3-7-15-26)40-38(41-37)33-23-22-28(25-12-4-2-5-13-25)29-16-8-9-17-30(29)33/h3-4,6,10-12,18-20,24-26,28-34,36-41H,2,5,7-9,13-17,21-23H2,1H3/q-1/p+1. The lowest BCUT2D eigenvalue weighted by Gasteiger charge is -2.52. The second-order valence-corrected chi connectivity index (χ2v) is 17.9. The van der Waals surface area contributed by atoms with Crippen LogP contribution < -0.4 is 16.0 Å². The van der Waals surface area contributed by atoms with Crippen LogP contribution in [0.3, 0.4) is 0 Å². The molecule has 226 valence electrons. The van der Waals surface area contributed by atoms with Crippen LogP contribution in [0, 0.1) is 47.3 Å². The van der Waals surface area contributed by atoms with Gasteiger partial charge in [-0.15, -0.1) is 11.6 Å². The van der Waals surface area contributed by atoms with Gasteiger partial charge in [0.25, 0.3) is 0 Å². The Labute approximate surface area is 257 Å². The number of fused-ring (bicyclic) bond motifs is 4. The van der Waals surface area contributed by atoms with Crippen molar-refractivity contribution >= 4 is 8.80 Å². The normalized spacial score (nSPS) is 46.5. The molecule has 4 fully saturated rings. The number of allylic oxidation sites excluding steroid dienone is 10. The molecule has 0 bridgehead atoms. The molecular weight excluding hydrogens is 527 g/mol. The molecule has 0 spiro atoms. The maximum Gasteiger partial charge on any atom is 0.168 e. The fourth-order valence-electron chi connectivity index (χ4n) is 11.2. The lowest BCUT2D eigenvalue weighted by atomic mass is 9.57. The summed E-state index contributed by atoms with van der Waals surface area (Å²) in [4.78, 5) is 0. The van der Waals surface area contributed by atoms with Crippen molar-refractivity contribution in [2.45, 2.75) is 114 Å². The lowest BCUT2D eigenvalue weighted by molar-refractivity contribution is -0.742. The number of hydrogen-bond donors (Lipinski definition) is 3. The highest BCUT2D eigenvalue weighted by molar-refractivity contribution is 6.69. The first-order chi connectivity index (χ1) is 20.7. The Morgan fingerprint density at radius 1 is 0.762 bits per heavy atom. The summed E-state index contributed by atoms with van der Waals surface area (Å²) in [7, 11) is -0.513. The Hall–Kier alpha value is -1.46. The van der Waals surface area contributed by atoms with E-state index < -0.39 is 8.80 Å². The van der Waals surface area contributed by atoms with Crippen LogP contribution in [0.5, 0.6) is 0 Å². The zero-order valence-corrected chi connectivity index (χ0v) is 27.0. The van der Waals surface area contributed by atoms with Crippen molar-refractivity contribution in [3.63, 3.8) is 0 Å². The Morgan fingerprint density at radius 3 is 2.45 bits per heavy atom. The minimum absolute atomic E-state index is 0.394. The highest BCUT2D eigenvalue weighted by atomic mass is 28.3. The molecule has 0 aromatic heterocycles. The average molecular weight is 582 g/mol. The molecule has 2 saturated heterocycles. The molecule has 2 saturated carbocycles. The molecule has 12 unspecified atom stereocenters. The Bertz CT molecular complexity index is 1180. The molecule has 6 aliphatic carbocycles. The second kappa shape index (κ2) is 12.1. The summed E-state index contributed by atoms with van der Waals surface area (Å²) >= 11 is 0. The first-order valence-corrected chi connectivity index (χ1v) is 20.1. The minimum atomic E-state index is -0.513. The molecule has 8 aliphatic rings. The third kappa shape index (κ3) is 5.16. The van der Waals surface area contributed by atoms with Gasteiger partial charge in [-0.2, -0.15) is 6.55 Å². The molecule has 42 heavy (non-hydrogen) atoms. The number of quaternary nitrogens is 1. The summed E-state index contributed by atoms with van der Waals surface area (Å²) in [6.45, 7) is 2.60. The van der Waals surface area contributed by atoms with Gasteiger partial charge in [-0.25, -0.2) is 10.5 Å². The van der Waals surface area contributed by atoms with E-state index >= 15 is 0 Å². The highest BCUT2D eigenvalue weighted by Crippen LogP contribution is 2.52. The zero-order chi connectivity index (χ0) is 28.0. The van der Waals surface area contributed by atoms with E-state index in [-0.39, 0.29) is 0 Å². The monoisotopic (exact) mass is 581 g/mol. The van der Waals surface area contributed by atoms with E-state index in [0.29, 0.717) is 24.4 Å². The summed E-state index contributed by atoms with van der Waals surface area (Å²) in [5.74, 6) is 6.69. The molecule has 8 rings (SSSR count). The van der Waals surface area contributed by atoms with Gasteiger partial charge >= 0.3 is 0 Å². The maximum atomic E-state index is 4.31. The zero-order valence-electron chi connectivity index (χ0n) is 26.0. The predicted molar refractivity (Wildman–Crippen MR) is 176 cm³/mol. The average Bonchev–Trinajstić information content (AvgIpc) is 3.36. The van der Waals surface area contributed by atoms with Gasteiger partial charge in [-0.1, -0.05) is 67.5 Å². The van der Waals surface area contributed by atoms with Crippen molar-refractivity contribution in [2.75, 3.05) is 0 Å². The van der Waals surface area contributed by atoms with Gasteiger partial charge in [-0.3, -0.25) is 14.1 Å². The van der Waals surface area contributed by atoms with Crippen molar-refractivity contribution in [3.8, 4) is 0 Å².